The average Bonchev–Trinajstić information content (AvgIpc) is 2.41. The number of amides is 1. The molecule has 18 heavy (non-hydrogen) atoms. The minimum Gasteiger partial charge on any atom is -0.505 e. The van der Waals surface area contributed by atoms with Crippen molar-refractivity contribution in [1.29, 1.82) is 0 Å². The number of phenols is 1. The van der Waals surface area contributed by atoms with Crippen molar-refractivity contribution in [2.24, 2.45) is 0 Å². The molecule has 0 aliphatic heterocycles. The van der Waals surface area contributed by atoms with E-state index in [0.717, 1.165) is 0 Å². The number of nitrogens with one attached hydrogen (secondary N) is 1. The number of carbonyl (C=O) groups excluding carboxylic acids is 1. The number of phenolic OH excluding ortho intramolecular Hbond substituents is 1. The first-order valence-corrected chi connectivity index (χ1v) is 6.12. The summed E-state index contributed by atoms with van der Waals surface area (Å²) in [5.41, 5.74) is 0.921. The average molecular weight is 285 g/mol. The third kappa shape index (κ3) is 2.49. The molecule has 1 heterocycles. The van der Waals surface area contributed by atoms with E-state index in [1.54, 1.807) is 24.4 Å². The summed E-state index contributed by atoms with van der Waals surface area (Å²) in [5, 5.41) is 13.8. The monoisotopic (exact) mass is 284 g/mol. The van der Waals surface area contributed by atoms with Gasteiger partial charge in [0.1, 0.15) is 17.1 Å². The Balaban J connectivity index is 2.40. The predicted molar refractivity (Wildman–Crippen MR) is 71.0 cm³/mol. The molecule has 0 fully saturated rings. The van der Waals surface area contributed by atoms with Crippen LogP contribution in [0.15, 0.2) is 24.4 Å². The number of pyridine rings is 1. The summed E-state index contributed by atoms with van der Waals surface area (Å²) in [5.74, 6) is -0.418. The molecule has 4 nitrogen and oxygen atoms in total. The molecule has 0 saturated heterocycles. The SMILES string of the molecule is O=C(CCl)NCc1cc(Cl)c2cccnc2c1O. The first-order chi connectivity index (χ1) is 8.63. The van der Waals surface area contributed by atoms with Crippen molar-refractivity contribution in [3.63, 3.8) is 0 Å². The van der Waals surface area contributed by atoms with Crippen LogP contribution in [-0.4, -0.2) is 21.9 Å². The highest BCUT2D eigenvalue weighted by Gasteiger charge is 2.11. The van der Waals surface area contributed by atoms with Crippen LogP contribution in [0.1, 0.15) is 5.56 Å². The predicted octanol–water partition coefficient (Wildman–Crippen LogP) is 2.45. The summed E-state index contributed by atoms with van der Waals surface area (Å²) in [7, 11) is 0. The summed E-state index contributed by atoms with van der Waals surface area (Å²) < 4.78 is 0. The van der Waals surface area contributed by atoms with Crippen LogP contribution in [0.5, 0.6) is 5.75 Å². The maximum atomic E-state index is 11.1. The lowest BCUT2D eigenvalue weighted by atomic mass is 10.1. The van der Waals surface area contributed by atoms with E-state index >= 15 is 0 Å². The van der Waals surface area contributed by atoms with E-state index in [2.05, 4.69) is 10.3 Å². The molecule has 1 aromatic heterocycles. The summed E-state index contributed by atoms with van der Waals surface area (Å²) >= 11 is 11.5. The number of carbonyl (C=O) groups is 1. The van der Waals surface area contributed by atoms with Gasteiger partial charge < -0.3 is 10.4 Å². The van der Waals surface area contributed by atoms with Gasteiger partial charge in [-0.1, -0.05) is 11.6 Å². The molecule has 94 valence electrons. The number of nitrogens with zero attached hydrogens (tertiary/aromatic N) is 1. The Kier molecular flexibility index (Phi) is 3.89. The van der Waals surface area contributed by atoms with Crippen LogP contribution in [0.25, 0.3) is 10.9 Å². The Morgan fingerprint density at radius 3 is 3.00 bits per heavy atom. The summed E-state index contributed by atoms with van der Waals surface area (Å²) in [6.07, 6.45) is 1.57. The Morgan fingerprint density at radius 1 is 1.50 bits per heavy atom. The van der Waals surface area contributed by atoms with Crippen LogP contribution in [-0.2, 0) is 11.3 Å². The summed E-state index contributed by atoms with van der Waals surface area (Å²) in [6, 6.07) is 5.11. The highest BCUT2D eigenvalue weighted by Crippen LogP contribution is 2.32. The number of hydrogen-bond acceptors (Lipinski definition) is 3. The number of fused-ring (bicyclic) bond motifs is 1. The van der Waals surface area contributed by atoms with Crippen molar-refractivity contribution >= 4 is 40.0 Å². The molecule has 2 rings (SSSR count). The lowest BCUT2D eigenvalue weighted by Gasteiger charge is -2.09. The first-order valence-electron chi connectivity index (χ1n) is 5.21. The molecule has 0 aliphatic rings. The largest absolute Gasteiger partial charge is 0.505 e. The highest BCUT2D eigenvalue weighted by molar-refractivity contribution is 6.35. The molecule has 1 amide bonds. The van der Waals surface area contributed by atoms with Gasteiger partial charge in [0.15, 0.2) is 0 Å². The molecule has 0 aliphatic carbocycles. The van der Waals surface area contributed by atoms with Crippen LogP contribution in [0.2, 0.25) is 5.02 Å². The molecule has 6 heteroatoms. The van der Waals surface area contributed by atoms with Crippen molar-refractivity contribution in [2.45, 2.75) is 6.54 Å². The Labute approximate surface area is 114 Å². The van der Waals surface area contributed by atoms with Gasteiger partial charge in [0.2, 0.25) is 5.91 Å². The van der Waals surface area contributed by atoms with Gasteiger partial charge in [0.05, 0.1) is 5.02 Å². The summed E-state index contributed by atoms with van der Waals surface area (Å²) in [4.78, 5) is 15.1. The smallest absolute Gasteiger partial charge is 0.235 e. The topological polar surface area (TPSA) is 62.2 Å². The van der Waals surface area contributed by atoms with Crippen molar-refractivity contribution in [2.75, 3.05) is 5.88 Å². The first kappa shape index (κ1) is 12.9. The van der Waals surface area contributed by atoms with E-state index in [9.17, 15) is 9.90 Å². The number of aromatic nitrogens is 1. The minimum absolute atomic E-state index is 0.0184. The molecule has 0 spiro atoms. The second-order valence-electron chi connectivity index (χ2n) is 3.68. The lowest BCUT2D eigenvalue weighted by molar-refractivity contribution is -0.118. The van der Waals surface area contributed by atoms with Crippen LogP contribution in [0, 0.1) is 0 Å². The second kappa shape index (κ2) is 5.42. The maximum Gasteiger partial charge on any atom is 0.235 e. The van der Waals surface area contributed by atoms with Gasteiger partial charge in [0.25, 0.3) is 0 Å². The number of alkyl halides is 1. The molecule has 0 radical (unpaired) electrons. The summed E-state index contributed by atoms with van der Waals surface area (Å²) in [6.45, 7) is 0.156. The van der Waals surface area contributed by atoms with Crippen LogP contribution in [0.3, 0.4) is 0 Å². The zero-order valence-corrected chi connectivity index (χ0v) is 10.8. The molecule has 2 aromatic rings. The van der Waals surface area contributed by atoms with E-state index in [0.29, 0.717) is 21.5 Å². The lowest BCUT2D eigenvalue weighted by Crippen LogP contribution is -2.23. The van der Waals surface area contributed by atoms with Crippen molar-refractivity contribution in [1.82, 2.24) is 10.3 Å². The maximum absolute atomic E-state index is 11.1. The standard InChI is InChI=1S/C12H10Cl2N2O2/c13-5-10(17)16-6-7-4-9(14)8-2-1-3-15-11(8)12(7)18/h1-4,18H,5-6H2,(H,16,17). The quantitative estimate of drug-likeness (QED) is 0.851. The molecule has 0 unspecified atom stereocenters. The number of benzene rings is 1. The van der Waals surface area contributed by atoms with E-state index in [1.807, 2.05) is 0 Å². The minimum atomic E-state index is -0.312. The van der Waals surface area contributed by atoms with Crippen molar-refractivity contribution in [3.8, 4) is 5.75 Å². The molecule has 0 saturated carbocycles. The van der Waals surface area contributed by atoms with Crippen LogP contribution < -0.4 is 5.32 Å². The number of aromatic hydroxyl groups is 1. The number of hydrogen-bond donors (Lipinski definition) is 2. The van der Waals surface area contributed by atoms with E-state index < -0.39 is 0 Å². The van der Waals surface area contributed by atoms with Gasteiger partial charge in [-0.25, -0.2) is 0 Å². The third-order valence-corrected chi connectivity index (χ3v) is 3.05. The van der Waals surface area contributed by atoms with Gasteiger partial charge in [-0.05, 0) is 18.2 Å². The van der Waals surface area contributed by atoms with Gasteiger partial charge in [-0.15, -0.1) is 11.6 Å². The molecule has 0 bridgehead atoms. The van der Waals surface area contributed by atoms with Crippen LogP contribution >= 0.6 is 23.2 Å². The Bertz CT molecular complexity index is 602. The van der Waals surface area contributed by atoms with Gasteiger partial charge in [0, 0.05) is 23.7 Å². The van der Waals surface area contributed by atoms with Gasteiger partial charge in [-0.2, -0.15) is 0 Å². The zero-order valence-electron chi connectivity index (χ0n) is 9.28. The van der Waals surface area contributed by atoms with Crippen LogP contribution in [0.4, 0.5) is 0 Å². The van der Waals surface area contributed by atoms with E-state index in [4.69, 9.17) is 23.2 Å². The van der Waals surface area contributed by atoms with Crippen molar-refractivity contribution in [3.05, 3.63) is 35.0 Å². The highest BCUT2D eigenvalue weighted by atomic mass is 35.5. The fourth-order valence-corrected chi connectivity index (χ4v) is 1.99. The molecule has 1 aromatic carbocycles. The van der Waals surface area contributed by atoms with Crippen molar-refractivity contribution < 1.29 is 9.90 Å². The normalized spacial score (nSPS) is 10.6. The second-order valence-corrected chi connectivity index (χ2v) is 4.35. The molecular weight excluding hydrogens is 275 g/mol. The fourth-order valence-electron chi connectivity index (χ4n) is 1.61. The fraction of sp³-hybridized carbons (Fsp3) is 0.167. The zero-order chi connectivity index (χ0) is 13.1. The van der Waals surface area contributed by atoms with E-state index in [1.165, 1.54) is 0 Å². The van der Waals surface area contributed by atoms with Gasteiger partial charge >= 0.3 is 0 Å². The van der Waals surface area contributed by atoms with Gasteiger partial charge in [-0.3, -0.25) is 9.78 Å². The number of rotatable bonds is 3. The number of halogens is 2. The Hall–Kier alpha value is -1.52. The molecule has 0 atom stereocenters. The van der Waals surface area contributed by atoms with E-state index in [-0.39, 0.29) is 24.1 Å². The Morgan fingerprint density at radius 2 is 2.28 bits per heavy atom. The molecular formula is C12H10Cl2N2O2. The molecule has 2 N–H and O–H groups in total. The third-order valence-electron chi connectivity index (χ3n) is 2.49.